The minimum Gasteiger partial charge on any atom is -0.237 e. The van der Waals surface area contributed by atoms with Crippen LogP contribution in [0.1, 0.15) is 0 Å². The van der Waals surface area contributed by atoms with Gasteiger partial charge in [0.1, 0.15) is 0 Å². The van der Waals surface area contributed by atoms with Crippen molar-refractivity contribution in [2.75, 3.05) is 0 Å². The lowest BCUT2D eigenvalue weighted by Crippen LogP contribution is -1.92. The van der Waals surface area contributed by atoms with E-state index in [9.17, 15) is 0 Å². The third kappa shape index (κ3) is 3.44. The van der Waals surface area contributed by atoms with Gasteiger partial charge in [0.15, 0.2) is 5.82 Å². The number of aromatic nitrogens is 2. The Kier molecular flexibility index (Phi) is 4.28. The molecule has 0 bridgehead atoms. The maximum absolute atomic E-state index is 5.98. The maximum Gasteiger partial charge on any atom is 0.159 e. The van der Waals surface area contributed by atoms with Gasteiger partial charge in [0.2, 0.25) is 0 Å². The van der Waals surface area contributed by atoms with Crippen LogP contribution < -0.4 is 0 Å². The van der Waals surface area contributed by atoms with Crippen LogP contribution in [0.4, 0.5) is 0 Å². The molecule has 1 aromatic heterocycles. The Bertz CT molecular complexity index is 996. The fourth-order valence-corrected chi connectivity index (χ4v) is 2.87. The molecule has 0 atom stereocenters. The second kappa shape index (κ2) is 6.88. The molecule has 0 N–H and O–H groups in total. The Morgan fingerprint density at radius 1 is 0.600 bits per heavy atom. The Labute approximate surface area is 151 Å². The van der Waals surface area contributed by atoms with E-state index in [1.165, 1.54) is 0 Å². The molecule has 0 aliphatic carbocycles. The van der Waals surface area contributed by atoms with Crippen LogP contribution in [0.5, 0.6) is 0 Å². The van der Waals surface area contributed by atoms with Crippen LogP contribution in [0.15, 0.2) is 91.1 Å². The van der Waals surface area contributed by atoms with E-state index in [0.29, 0.717) is 0 Å². The van der Waals surface area contributed by atoms with Crippen LogP contribution >= 0.6 is 11.6 Å². The second-order valence-electron chi connectivity index (χ2n) is 5.72. The van der Waals surface area contributed by atoms with Crippen LogP contribution in [0.2, 0.25) is 5.02 Å². The van der Waals surface area contributed by atoms with Crippen LogP contribution in [0.25, 0.3) is 33.8 Å². The first-order chi connectivity index (χ1) is 12.3. The number of benzene rings is 3. The van der Waals surface area contributed by atoms with Gasteiger partial charge < -0.3 is 0 Å². The maximum atomic E-state index is 5.98. The van der Waals surface area contributed by atoms with Crippen LogP contribution in [-0.2, 0) is 0 Å². The lowest BCUT2D eigenvalue weighted by atomic mass is 10.0. The molecule has 0 unspecified atom stereocenters. The summed E-state index contributed by atoms with van der Waals surface area (Å²) in [5.74, 6) is 0.720. The normalized spacial score (nSPS) is 10.6. The summed E-state index contributed by atoms with van der Waals surface area (Å²) >= 11 is 5.98. The summed E-state index contributed by atoms with van der Waals surface area (Å²) in [6, 6.07) is 28.1. The van der Waals surface area contributed by atoms with E-state index < -0.39 is 0 Å². The summed E-state index contributed by atoms with van der Waals surface area (Å²) < 4.78 is 0. The quantitative estimate of drug-likeness (QED) is 0.447. The highest BCUT2D eigenvalue weighted by Crippen LogP contribution is 2.26. The second-order valence-corrected chi connectivity index (χ2v) is 6.16. The van der Waals surface area contributed by atoms with Crippen LogP contribution in [0, 0.1) is 0 Å². The molecule has 0 aliphatic rings. The van der Waals surface area contributed by atoms with E-state index in [0.717, 1.165) is 38.8 Å². The van der Waals surface area contributed by atoms with Crippen LogP contribution in [0.3, 0.4) is 0 Å². The molecule has 4 aromatic rings. The number of nitrogens with zero attached hydrogens (tertiary/aromatic N) is 2. The van der Waals surface area contributed by atoms with Crippen molar-refractivity contribution in [1.29, 1.82) is 0 Å². The molecule has 0 saturated heterocycles. The molecular weight excluding hydrogens is 328 g/mol. The fourth-order valence-electron chi connectivity index (χ4n) is 2.75. The predicted molar refractivity (Wildman–Crippen MR) is 103 cm³/mol. The first-order valence-electron chi connectivity index (χ1n) is 8.04. The highest BCUT2D eigenvalue weighted by atomic mass is 35.5. The standard InChI is InChI=1S/C22H15ClN2/c23-20-11-9-16(10-12-20)18-7-4-8-19(15-18)22-24-14-13-21(25-22)17-5-2-1-3-6-17/h1-15H. The predicted octanol–water partition coefficient (Wildman–Crippen LogP) is 6.13. The van der Waals surface area contributed by atoms with E-state index in [4.69, 9.17) is 16.6 Å². The topological polar surface area (TPSA) is 25.8 Å². The van der Waals surface area contributed by atoms with Gasteiger partial charge in [0.25, 0.3) is 0 Å². The highest BCUT2D eigenvalue weighted by molar-refractivity contribution is 6.30. The van der Waals surface area contributed by atoms with Crippen molar-refractivity contribution in [3.05, 3.63) is 96.1 Å². The van der Waals surface area contributed by atoms with Crippen molar-refractivity contribution < 1.29 is 0 Å². The molecule has 3 heteroatoms. The molecular formula is C22H15ClN2. The summed E-state index contributed by atoms with van der Waals surface area (Å²) in [5, 5.41) is 0.735. The van der Waals surface area contributed by atoms with Gasteiger partial charge in [0, 0.05) is 22.3 Å². The van der Waals surface area contributed by atoms with Crippen molar-refractivity contribution in [1.82, 2.24) is 9.97 Å². The largest absolute Gasteiger partial charge is 0.237 e. The SMILES string of the molecule is Clc1ccc(-c2cccc(-c3nccc(-c4ccccc4)n3)c2)cc1. The molecule has 120 valence electrons. The molecule has 25 heavy (non-hydrogen) atoms. The number of halogens is 1. The summed E-state index contributed by atoms with van der Waals surface area (Å²) in [7, 11) is 0. The lowest BCUT2D eigenvalue weighted by molar-refractivity contribution is 1.18. The van der Waals surface area contributed by atoms with Crippen molar-refractivity contribution in [2.24, 2.45) is 0 Å². The zero-order valence-electron chi connectivity index (χ0n) is 13.4. The van der Waals surface area contributed by atoms with E-state index >= 15 is 0 Å². The summed E-state index contributed by atoms with van der Waals surface area (Å²) in [6.07, 6.45) is 1.81. The first kappa shape index (κ1) is 15.6. The van der Waals surface area contributed by atoms with Crippen molar-refractivity contribution >= 4 is 11.6 Å². The van der Waals surface area contributed by atoms with E-state index in [-0.39, 0.29) is 0 Å². The molecule has 0 fully saturated rings. The van der Waals surface area contributed by atoms with Gasteiger partial charge in [0.05, 0.1) is 5.69 Å². The number of rotatable bonds is 3. The minimum absolute atomic E-state index is 0.720. The molecule has 0 saturated carbocycles. The summed E-state index contributed by atoms with van der Waals surface area (Å²) in [5.41, 5.74) is 5.22. The van der Waals surface area contributed by atoms with Crippen molar-refractivity contribution in [2.45, 2.75) is 0 Å². The Balaban J connectivity index is 1.73. The third-order valence-electron chi connectivity index (χ3n) is 4.02. The zero-order chi connectivity index (χ0) is 17.1. The third-order valence-corrected chi connectivity index (χ3v) is 4.28. The van der Waals surface area contributed by atoms with Crippen molar-refractivity contribution in [3.63, 3.8) is 0 Å². The van der Waals surface area contributed by atoms with Gasteiger partial charge in [-0.1, -0.05) is 72.3 Å². The minimum atomic E-state index is 0.720. The van der Waals surface area contributed by atoms with Gasteiger partial charge >= 0.3 is 0 Å². The fraction of sp³-hybridized carbons (Fsp3) is 0. The first-order valence-corrected chi connectivity index (χ1v) is 8.42. The monoisotopic (exact) mass is 342 g/mol. The lowest BCUT2D eigenvalue weighted by Gasteiger charge is -2.07. The molecule has 0 amide bonds. The molecule has 3 aromatic carbocycles. The zero-order valence-corrected chi connectivity index (χ0v) is 14.2. The average molecular weight is 343 g/mol. The number of hydrogen-bond donors (Lipinski definition) is 0. The molecule has 2 nitrogen and oxygen atoms in total. The summed E-state index contributed by atoms with van der Waals surface area (Å²) in [4.78, 5) is 9.18. The van der Waals surface area contributed by atoms with Gasteiger partial charge in [-0.2, -0.15) is 0 Å². The average Bonchev–Trinajstić information content (AvgIpc) is 2.69. The van der Waals surface area contributed by atoms with E-state index in [2.05, 4.69) is 29.2 Å². The van der Waals surface area contributed by atoms with Gasteiger partial charge in [-0.15, -0.1) is 0 Å². The molecule has 1 heterocycles. The molecule has 4 rings (SSSR count). The van der Waals surface area contributed by atoms with Gasteiger partial charge in [-0.05, 0) is 35.4 Å². The van der Waals surface area contributed by atoms with Gasteiger partial charge in [-0.3, -0.25) is 0 Å². The summed E-state index contributed by atoms with van der Waals surface area (Å²) in [6.45, 7) is 0. The number of hydrogen-bond acceptors (Lipinski definition) is 2. The molecule has 0 aliphatic heterocycles. The highest BCUT2D eigenvalue weighted by Gasteiger charge is 2.06. The molecule has 0 radical (unpaired) electrons. The molecule has 0 spiro atoms. The van der Waals surface area contributed by atoms with Crippen molar-refractivity contribution in [3.8, 4) is 33.8 Å². The van der Waals surface area contributed by atoms with Gasteiger partial charge in [-0.25, -0.2) is 9.97 Å². The van der Waals surface area contributed by atoms with E-state index in [1.54, 1.807) is 6.20 Å². The Morgan fingerprint density at radius 2 is 1.32 bits per heavy atom. The van der Waals surface area contributed by atoms with Crippen LogP contribution in [-0.4, -0.2) is 9.97 Å². The van der Waals surface area contributed by atoms with E-state index in [1.807, 2.05) is 60.7 Å². The Hall–Kier alpha value is -2.97. The smallest absolute Gasteiger partial charge is 0.159 e. The Morgan fingerprint density at radius 3 is 2.12 bits per heavy atom.